The summed E-state index contributed by atoms with van der Waals surface area (Å²) in [5.74, 6) is 0.435. The van der Waals surface area contributed by atoms with E-state index in [4.69, 9.17) is 4.74 Å². The van der Waals surface area contributed by atoms with Gasteiger partial charge in [0.25, 0.3) is 5.91 Å². The third kappa shape index (κ3) is 3.13. The smallest absolute Gasteiger partial charge is 0.279 e. The summed E-state index contributed by atoms with van der Waals surface area (Å²) in [5, 5.41) is 1.92. The Balaban J connectivity index is 2.35. The molecular weight excluding hydrogens is 328 g/mol. The normalized spacial score (nSPS) is 11.6. The first kappa shape index (κ1) is 14.0. The topological polar surface area (TPSA) is 43.6 Å². The van der Waals surface area contributed by atoms with Gasteiger partial charge in [-0.05, 0) is 41.1 Å². The van der Waals surface area contributed by atoms with Gasteiger partial charge < -0.3 is 9.30 Å². The van der Waals surface area contributed by atoms with E-state index >= 15 is 0 Å². The van der Waals surface area contributed by atoms with Crippen LogP contribution in [0, 0.1) is 0 Å². The Hall–Kier alpha value is -1.40. The van der Waals surface area contributed by atoms with Gasteiger partial charge in [-0.1, -0.05) is 0 Å². The average Bonchev–Trinajstić information content (AvgIpc) is 2.85. The molecule has 0 fully saturated rings. The average molecular weight is 341 g/mol. The number of thiazole rings is 1. The summed E-state index contributed by atoms with van der Waals surface area (Å²) >= 11 is 4.81. The van der Waals surface area contributed by atoms with E-state index in [-0.39, 0.29) is 5.91 Å². The third-order valence-corrected chi connectivity index (χ3v) is 4.01. The van der Waals surface area contributed by atoms with E-state index in [0.29, 0.717) is 16.1 Å². The number of carbonyl (C=O) groups excluding carboxylic acids is 1. The first-order valence-corrected chi connectivity index (χ1v) is 7.39. The van der Waals surface area contributed by atoms with E-state index in [1.54, 1.807) is 25.3 Å². The van der Waals surface area contributed by atoms with Gasteiger partial charge in [0.05, 0.1) is 11.6 Å². The molecule has 4 nitrogen and oxygen atoms in total. The molecule has 19 heavy (non-hydrogen) atoms. The number of methoxy groups -OCH3 is 1. The lowest BCUT2D eigenvalue weighted by Crippen LogP contribution is -2.15. The van der Waals surface area contributed by atoms with Crippen LogP contribution >= 0.6 is 27.3 Å². The fourth-order valence-electron chi connectivity index (χ4n) is 1.58. The number of carbonyl (C=O) groups is 1. The van der Waals surface area contributed by atoms with Crippen molar-refractivity contribution in [3.05, 3.63) is 44.6 Å². The van der Waals surface area contributed by atoms with E-state index in [9.17, 15) is 4.79 Å². The van der Waals surface area contributed by atoms with Gasteiger partial charge in [0.2, 0.25) is 0 Å². The Bertz CT molecular complexity index is 661. The molecule has 0 saturated carbocycles. The summed E-state index contributed by atoms with van der Waals surface area (Å²) in [7, 11) is 1.59. The van der Waals surface area contributed by atoms with Gasteiger partial charge in [-0.2, -0.15) is 4.99 Å². The molecule has 0 aliphatic rings. The van der Waals surface area contributed by atoms with Gasteiger partial charge in [-0.3, -0.25) is 4.79 Å². The van der Waals surface area contributed by atoms with Gasteiger partial charge in [-0.25, -0.2) is 0 Å². The van der Waals surface area contributed by atoms with Crippen LogP contribution in [0.2, 0.25) is 0 Å². The lowest BCUT2D eigenvalue weighted by atomic mass is 10.2. The molecule has 1 aromatic carbocycles. The molecule has 0 aliphatic carbocycles. The lowest BCUT2D eigenvalue weighted by molar-refractivity contribution is 0.0997. The Morgan fingerprint density at radius 3 is 2.95 bits per heavy atom. The SMILES string of the molecule is CCn1ccsc1=NC(=O)c1ccc(OC)c(Br)c1. The van der Waals surface area contributed by atoms with Crippen molar-refractivity contribution < 1.29 is 9.53 Å². The number of nitrogens with zero attached hydrogens (tertiary/aromatic N) is 2. The largest absolute Gasteiger partial charge is 0.496 e. The number of rotatable bonds is 3. The van der Waals surface area contributed by atoms with E-state index < -0.39 is 0 Å². The molecule has 1 aromatic heterocycles. The van der Waals surface area contributed by atoms with Crippen LogP contribution in [0.15, 0.2) is 39.2 Å². The maximum atomic E-state index is 12.1. The minimum atomic E-state index is -0.256. The molecule has 0 N–H and O–H groups in total. The van der Waals surface area contributed by atoms with E-state index in [1.165, 1.54) is 11.3 Å². The molecule has 0 bridgehead atoms. The number of benzene rings is 1. The van der Waals surface area contributed by atoms with Crippen LogP contribution in [0.4, 0.5) is 0 Å². The van der Waals surface area contributed by atoms with Crippen molar-refractivity contribution in [3.8, 4) is 5.75 Å². The van der Waals surface area contributed by atoms with Crippen molar-refractivity contribution in [2.75, 3.05) is 7.11 Å². The van der Waals surface area contributed by atoms with Crippen LogP contribution in [0.25, 0.3) is 0 Å². The van der Waals surface area contributed by atoms with Gasteiger partial charge in [0.15, 0.2) is 4.80 Å². The predicted molar refractivity (Wildman–Crippen MR) is 78.6 cm³/mol. The van der Waals surface area contributed by atoms with Gasteiger partial charge in [0.1, 0.15) is 5.75 Å². The van der Waals surface area contributed by atoms with E-state index in [1.807, 2.05) is 23.1 Å². The maximum Gasteiger partial charge on any atom is 0.279 e. The monoisotopic (exact) mass is 340 g/mol. The number of hydrogen-bond donors (Lipinski definition) is 0. The highest BCUT2D eigenvalue weighted by Crippen LogP contribution is 2.25. The van der Waals surface area contributed by atoms with Crippen molar-refractivity contribution >= 4 is 33.2 Å². The number of hydrogen-bond acceptors (Lipinski definition) is 3. The highest BCUT2D eigenvalue weighted by Gasteiger charge is 2.08. The molecule has 1 heterocycles. The Kier molecular flexibility index (Phi) is 4.55. The molecule has 1 amide bonds. The molecule has 0 radical (unpaired) electrons. The van der Waals surface area contributed by atoms with Crippen LogP contribution in [-0.2, 0) is 6.54 Å². The van der Waals surface area contributed by atoms with Crippen molar-refractivity contribution in [2.24, 2.45) is 4.99 Å². The number of halogens is 1. The van der Waals surface area contributed by atoms with Crippen molar-refractivity contribution in [3.63, 3.8) is 0 Å². The molecule has 0 unspecified atom stereocenters. The summed E-state index contributed by atoms with van der Waals surface area (Å²) in [6, 6.07) is 5.17. The first-order valence-electron chi connectivity index (χ1n) is 5.72. The number of ether oxygens (including phenoxy) is 1. The van der Waals surface area contributed by atoms with E-state index in [0.717, 1.165) is 11.0 Å². The van der Waals surface area contributed by atoms with Crippen LogP contribution < -0.4 is 9.54 Å². The molecule has 2 aromatic rings. The second-order valence-electron chi connectivity index (χ2n) is 3.74. The highest BCUT2D eigenvalue weighted by molar-refractivity contribution is 9.10. The zero-order valence-corrected chi connectivity index (χ0v) is 13.0. The fourth-order valence-corrected chi connectivity index (χ4v) is 2.91. The van der Waals surface area contributed by atoms with Crippen LogP contribution in [0.1, 0.15) is 17.3 Å². The molecule has 100 valence electrons. The lowest BCUT2D eigenvalue weighted by Gasteiger charge is -2.03. The quantitative estimate of drug-likeness (QED) is 0.861. The molecule has 0 spiro atoms. The first-order chi connectivity index (χ1) is 9.15. The standard InChI is InChI=1S/C13H13BrN2O2S/c1-3-16-6-7-19-13(16)15-12(17)9-4-5-11(18-2)10(14)8-9/h4-8H,3H2,1-2H3. The Labute approximate surface area is 123 Å². The van der Waals surface area contributed by atoms with Crippen LogP contribution in [0.5, 0.6) is 5.75 Å². The summed E-state index contributed by atoms with van der Waals surface area (Å²) in [5.41, 5.74) is 0.531. The molecule has 2 rings (SSSR count). The second-order valence-corrected chi connectivity index (χ2v) is 5.47. The molecule has 0 aliphatic heterocycles. The summed E-state index contributed by atoms with van der Waals surface area (Å²) in [4.78, 5) is 16.9. The van der Waals surface area contributed by atoms with Gasteiger partial charge in [-0.15, -0.1) is 11.3 Å². The Morgan fingerprint density at radius 1 is 1.53 bits per heavy atom. The number of amides is 1. The van der Waals surface area contributed by atoms with Gasteiger partial charge in [0, 0.05) is 23.7 Å². The Morgan fingerprint density at radius 2 is 2.32 bits per heavy atom. The molecule has 6 heteroatoms. The zero-order valence-electron chi connectivity index (χ0n) is 10.6. The second kappa shape index (κ2) is 6.16. The van der Waals surface area contributed by atoms with Crippen LogP contribution in [0.3, 0.4) is 0 Å². The molecule has 0 atom stereocenters. The number of aryl methyl sites for hydroxylation is 1. The van der Waals surface area contributed by atoms with Crippen molar-refractivity contribution in [1.82, 2.24) is 4.57 Å². The summed E-state index contributed by atoms with van der Waals surface area (Å²) < 4.78 is 7.80. The predicted octanol–water partition coefficient (Wildman–Crippen LogP) is 3.08. The molecular formula is C13H13BrN2O2S. The zero-order chi connectivity index (χ0) is 13.8. The van der Waals surface area contributed by atoms with Crippen LogP contribution in [-0.4, -0.2) is 17.6 Å². The summed E-state index contributed by atoms with van der Waals surface area (Å²) in [6.45, 7) is 2.81. The number of aromatic nitrogens is 1. The minimum Gasteiger partial charge on any atom is -0.496 e. The van der Waals surface area contributed by atoms with Gasteiger partial charge >= 0.3 is 0 Å². The summed E-state index contributed by atoms with van der Waals surface area (Å²) in [6.07, 6.45) is 1.92. The maximum absolute atomic E-state index is 12.1. The molecule has 0 saturated heterocycles. The fraction of sp³-hybridized carbons (Fsp3) is 0.231. The van der Waals surface area contributed by atoms with E-state index in [2.05, 4.69) is 20.9 Å². The van der Waals surface area contributed by atoms with Crippen molar-refractivity contribution in [2.45, 2.75) is 13.5 Å². The van der Waals surface area contributed by atoms with Crippen molar-refractivity contribution in [1.29, 1.82) is 0 Å². The minimum absolute atomic E-state index is 0.256. The highest BCUT2D eigenvalue weighted by atomic mass is 79.9. The third-order valence-electron chi connectivity index (χ3n) is 2.60.